The van der Waals surface area contributed by atoms with Crippen molar-refractivity contribution >= 4 is 22.2 Å². The van der Waals surface area contributed by atoms with Crippen LogP contribution < -0.4 is 5.32 Å². The fourth-order valence-electron chi connectivity index (χ4n) is 3.25. The number of halogens is 1. The van der Waals surface area contributed by atoms with Gasteiger partial charge in [-0.1, -0.05) is 61.2 Å². The first-order valence-electron chi connectivity index (χ1n) is 8.55. The quantitative estimate of drug-likeness (QED) is 0.446. The number of H-pyrrole nitrogens is 1. The summed E-state index contributed by atoms with van der Waals surface area (Å²) in [7, 11) is 0. The number of aromatic amines is 1. The molecule has 0 fully saturated rings. The van der Waals surface area contributed by atoms with Crippen molar-refractivity contribution < 1.29 is 4.39 Å². The Morgan fingerprint density at radius 1 is 0.923 bits per heavy atom. The highest BCUT2D eigenvalue weighted by atomic mass is 19.1. The largest absolute Gasteiger partial charge is 0.374 e. The maximum atomic E-state index is 13.6. The van der Waals surface area contributed by atoms with Crippen LogP contribution in [-0.2, 0) is 0 Å². The summed E-state index contributed by atoms with van der Waals surface area (Å²) in [4.78, 5) is 3.30. The molecule has 1 heterocycles. The normalized spacial score (nSPS) is 12.0. The summed E-state index contributed by atoms with van der Waals surface area (Å²) in [5.74, 6) is -0.264. The Labute approximate surface area is 152 Å². The van der Waals surface area contributed by atoms with E-state index < -0.39 is 0 Å². The van der Waals surface area contributed by atoms with Crippen LogP contribution in [0.4, 0.5) is 10.1 Å². The number of rotatable bonds is 5. The number of anilines is 1. The lowest BCUT2D eigenvalue weighted by molar-refractivity contribution is 0.628. The summed E-state index contributed by atoms with van der Waals surface area (Å²) >= 11 is 0. The third kappa shape index (κ3) is 3.11. The van der Waals surface area contributed by atoms with Crippen molar-refractivity contribution in [1.29, 1.82) is 0 Å². The van der Waals surface area contributed by atoms with Crippen molar-refractivity contribution in [2.24, 2.45) is 0 Å². The van der Waals surface area contributed by atoms with E-state index in [1.165, 1.54) is 12.1 Å². The van der Waals surface area contributed by atoms with Crippen LogP contribution in [0, 0.1) is 5.82 Å². The van der Waals surface area contributed by atoms with Gasteiger partial charge in [-0.2, -0.15) is 0 Å². The van der Waals surface area contributed by atoms with Crippen molar-refractivity contribution in [2.45, 2.75) is 6.04 Å². The zero-order valence-corrected chi connectivity index (χ0v) is 14.2. The summed E-state index contributed by atoms with van der Waals surface area (Å²) in [6.45, 7) is 4.37. The van der Waals surface area contributed by atoms with E-state index in [2.05, 4.69) is 35.1 Å². The third-order valence-electron chi connectivity index (χ3n) is 4.55. The lowest BCUT2D eigenvalue weighted by Crippen LogP contribution is -2.12. The molecule has 0 radical (unpaired) electrons. The SMILES string of the molecule is C=C(c1c[nH]c2ccccc12)C(Nc1cccc(F)c1)c1ccccc1. The van der Waals surface area contributed by atoms with Crippen molar-refractivity contribution in [3.63, 3.8) is 0 Å². The Hall–Kier alpha value is -3.33. The number of para-hydroxylation sites is 1. The summed E-state index contributed by atoms with van der Waals surface area (Å²) in [5, 5.41) is 4.56. The van der Waals surface area contributed by atoms with Crippen LogP contribution in [-0.4, -0.2) is 4.98 Å². The van der Waals surface area contributed by atoms with Gasteiger partial charge >= 0.3 is 0 Å². The second kappa shape index (κ2) is 6.89. The summed E-state index contributed by atoms with van der Waals surface area (Å²) in [6, 6.07) is 24.6. The highest BCUT2D eigenvalue weighted by molar-refractivity contribution is 5.93. The minimum absolute atomic E-state index is 0.169. The standard InChI is InChI=1S/C23H19FN2/c1-16(21-15-25-22-13-6-5-12-20(21)22)23(17-8-3-2-4-9-17)26-19-11-7-10-18(24)14-19/h2-15,23,25-26H,1H2. The molecule has 128 valence electrons. The van der Waals surface area contributed by atoms with E-state index in [0.29, 0.717) is 0 Å². The van der Waals surface area contributed by atoms with Crippen molar-refractivity contribution in [2.75, 3.05) is 5.32 Å². The van der Waals surface area contributed by atoms with E-state index >= 15 is 0 Å². The number of aromatic nitrogens is 1. The molecule has 0 spiro atoms. The smallest absolute Gasteiger partial charge is 0.125 e. The van der Waals surface area contributed by atoms with Crippen LogP contribution in [0.3, 0.4) is 0 Å². The first kappa shape index (κ1) is 16.2. The Kier molecular flexibility index (Phi) is 4.28. The molecule has 3 aromatic carbocycles. The summed E-state index contributed by atoms with van der Waals surface area (Å²) in [5.41, 5.74) is 4.85. The van der Waals surface area contributed by atoms with E-state index in [1.807, 2.05) is 48.7 Å². The van der Waals surface area contributed by atoms with Gasteiger partial charge in [0.05, 0.1) is 6.04 Å². The number of benzene rings is 3. The molecule has 3 heteroatoms. The second-order valence-corrected chi connectivity index (χ2v) is 6.27. The molecule has 0 aliphatic rings. The summed E-state index contributed by atoms with van der Waals surface area (Å²) < 4.78 is 13.6. The Balaban J connectivity index is 1.76. The molecular formula is C23H19FN2. The molecule has 1 unspecified atom stereocenters. The van der Waals surface area contributed by atoms with E-state index in [4.69, 9.17) is 0 Å². The van der Waals surface area contributed by atoms with Gasteiger partial charge in [0.1, 0.15) is 5.82 Å². The van der Waals surface area contributed by atoms with Gasteiger partial charge in [0.15, 0.2) is 0 Å². The number of nitrogens with one attached hydrogen (secondary N) is 2. The molecule has 2 N–H and O–H groups in total. The minimum atomic E-state index is -0.264. The van der Waals surface area contributed by atoms with Gasteiger partial charge < -0.3 is 10.3 Å². The van der Waals surface area contributed by atoms with Gasteiger partial charge in [-0.25, -0.2) is 4.39 Å². The number of hydrogen-bond donors (Lipinski definition) is 2. The molecule has 26 heavy (non-hydrogen) atoms. The van der Waals surface area contributed by atoms with E-state index in [-0.39, 0.29) is 11.9 Å². The molecule has 0 saturated carbocycles. The Morgan fingerprint density at radius 2 is 1.69 bits per heavy atom. The highest BCUT2D eigenvalue weighted by Crippen LogP contribution is 2.35. The molecule has 4 aromatic rings. The zero-order valence-electron chi connectivity index (χ0n) is 14.2. The molecule has 2 nitrogen and oxygen atoms in total. The van der Waals surface area contributed by atoms with Gasteiger partial charge in [0.2, 0.25) is 0 Å². The molecule has 0 bridgehead atoms. The highest BCUT2D eigenvalue weighted by Gasteiger charge is 2.19. The third-order valence-corrected chi connectivity index (χ3v) is 4.55. The lowest BCUT2D eigenvalue weighted by Gasteiger charge is -2.23. The average molecular weight is 342 g/mol. The minimum Gasteiger partial charge on any atom is -0.374 e. The Morgan fingerprint density at radius 3 is 2.50 bits per heavy atom. The molecule has 0 amide bonds. The predicted molar refractivity (Wildman–Crippen MR) is 107 cm³/mol. The zero-order chi connectivity index (χ0) is 17.9. The van der Waals surface area contributed by atoms with Crippen LogP contribution in [0.5, 0.6) is 0 Å². The van der Waals surface area contributed by atoms with Crippen LogP contribution >= 0.6 is 0 Å². The topological polar surface area (TPSA) is 27.8 Å². The molecule has 0 aliphatic heterocycles. The maximum absolute atomic E-state index is 13.6. The average Bonchev–Trinajstić information content (AvgIpc) is 3.10. The van der Waals surface area contributed by atoms with Gasteiger partial charge in [0, 0.05) is 28.4 Å². The molecule has 1 aromatic heterocycles. The van der Waals surface area contributed by atoms with Crippen molar-refractivity contribution in [3.05, 3.63) is 109 Å². The molecular weight excluding hydrogens is 323 g/mol. The van der Waals surface area contributed by atoms with Crippen LogP contribution in [0.15, 0.2) is 91.6 Å². The van der Waals surface area contributed by atoms with Crippen LogP contribution in [0.1, 0.15) is 17.2 Å². The van der Waals surface area contributed by atoms with Gasteiger partial charge in [-0.05, 0) is 35.4 Å². The molecule has 4 rings (SSSR count). The number of fused-ring (bicyclic) bond motifs is 1. The monoisotopic (exact) mass is 342 g/mol. The second-order valence-electron chi connectivity index (χ2n) is 6.27. The first-order chi connectivity index (χ1) is 12.7. The van der Waals surface area contributed by atoms with Crippen molar-refractivity contribution in [3.8, 4) is 0 Å². The first-order valence-corrected chi connectivity index (χ1v) is 8.55. The Bertz CT molecular complexity index is 1050. The predicted octanol–water partition coefficient (Wildman–Crippen LogP) is 6.17. The fourth-order valence-corrected chi connectivity index (χ4v) is 3.25. The van der Waals surface area contributed by atoms with Crippen LogP contribution in [0.2, 0.25) is 0 Å². The number of hydrogen-bond acceptors (Lipinski definition) is 1. The van der Waals surface area contributed by atoms with E-state index in [9.17, 15) is 4.39 Å². The maximum Gasteiger partial charge on any atom is 0.125 e. The molecule has 0 aliphatic carbocycles. The van der Waals surface area contributed by atoms with Gasteiger partial charge in [0.25, 0.3) is 0 Å². The fraction of sp³-hybridized carbons (Fsp3) is 0.0435. The lowest BCUT2D eigenvalue weighted by atomic mass is 9.93. The van der Waals surface area contributed by atoms with Gasteiger partial charge in [-0.3, -0.25) is 0 Å². The van der Waals surface area contributed by atoms with Gasteiger partial charge in [-0.15, -0.1) is 0 Å². The summed E-state index contributed by atoms with van der Waals surface area (Å²) in [6.07, 6.45) is 1.98. The molecule has 1 atom stereocenters. The van der Waals surface area contributed by atoms with E-state index in [0.717, 1.165) is 33.3 Å². The van der Waals surface area contributed by atoms with E-state index in [1.54, 1.807) is 6.07 Å². The molecule has 0 saturated heterocycles. The van der Waals surface area contributed by atoms with Crippen LogP contribution in [0.25, 0.3) is 16.5 Å². The van der Waals surface area contributed by atoms with Crippen molar-refractivity contribution in [1.82, 2.24) is 4.98 Å².